The highest BCUT2D eigenvalue weighted by Crippen LogP contribution is 2.30. The lowest BCUT2D eigenvalue weighted by atomic mass is 9.95. The van der Waals surface area contributed by atoms with E-state index < -0.39 is 0 Å². The second-order valence-electron chi connectivity index (χ2n) is 7.05. The van der Waals surface area contributed by atoms with Crippen LogP contribution in [0, 0.1) is 0 Å². The molecule has 1 aromatic heterocycles. The molecule has 0 aliphatic carbocycles. The fraction of sp³-hybridized carbons (Fsp3) is 0.261. The molecule has 150 valence electrons. The van der Waals surface area contributed by atoms with Crippen LogP contribution in [-0.2, 0) is 18.3 Å². The number of aromatic nitrogens is 2. The van der Waals surface area contributed by atoms with Gasteiger partial charge in [-0.05, 0) is 53.8 Å². The van der Waals surface area contributed by atoms with Gasteiger partial charge < -0.3 is 10.2 Å². The Hall–Kier alpha value is -3.41. The Kier molecular flexibility index (Phi) is 6.12. The van der Waals surface area contributed by atoms with E-state index in [1.54, 1.807) is 35.1 Å². The van der Waals surface area contributed by atoms with Crippen molar-refractivity contribution in [2.45, 2.75) is 19.8 Å². The summed E-state index contributed by atoms with van der Waals surface area (Å²) in [6.07, 6.45) is 10.3. The van der Waals surface area contributed by atoms with Crippen LogP contribution in [0.5, 0.6) is 0 Å². The molecule has 2 heterocycles. The number of fused-ring (bicyclic) bond motifs is 1. The number of benzene rings is 1. The Balaban J connectivity index is 1.76. The minimum absolute atomic E-state index is 0.148. The molecule has 6 heteroatoms. The Morgan fingerprint density at radius 2 is 2.07 bits per heavy atom. The monoisotopic (exact) mass is 390 g/mol. The average molecular weight is 390 g/mol. The zero-order chi connectivity index (χ0) is 21.0. The fourth-order valence-electron chi connectivity index (χ4n) is 3.37. The number of aryl methyl sites for hydroxylation is 2. The van der Waals surface area contributed by atoms with Gasteiger partial charge in [0.05, 0.1) is 11.8 Å². The Morgan fingerprint density at radius 1 is 1.28 bits per heavy atom. The van der Waals surface area contributed by atoms with Gasteiger partial charge in [-0.1, -0.05) is 24.8 Å². The summed E-state index contributed by atoms with van der Waals surface area (Å²) in [4.78, 5) is 25.9. The molecule has 0 fully saturated rings. The van der Waals surface area contributed by atoms with Gasteiger partial charge in [0, 0.05) is 38.9 Å². The Morgan fingerprint density at radius 3 is 2.72 bits per heavy atom. The number of amides is 2. The van der Waals surface area contributed by atoms with E-state index in [1.165, 1.54) is 5.56 Å². The lowest BCUT2D eigenvalue weighted by Gasteiger charge is -2.26. The number of carbonyl (C=O) groups excluding carboxylic acids is 2. The van der Waals surface area contributed by atoms with Gasteiger partial charge in [0.1, 0.15) is 0 Å². The summed E-state index contributed by atoms with van der Waals surface area (Å²) < 4.78 is 1.60. The largest absolute Gasteiger partial charge is 0.348 e. The van der Waals surface area contributed by atoms with E-state index >= 15 is 0 Å². The third kappa shape index (κ3) is 4.54. The van der Waals surface area contributed by atoms with Crippen molar-refractivity contribution in [2.75, 3.05) is 18.5 Å². The highest BCUT2D eigenvalue weighted by molar-refractivity contribution is 5.96. The van der Waals surface area contributed by atoms with Crippen molar-refractivity contribution in [1.82, 2.24) is 15.1 Å². The van der Waals surface area contributed by atoms with E-state index in [0.29, 0.717) is 18.5 Å². The number of rotatable bonds is 6. The van der Waals surface area contributed by atoms with Gasteiger partial charge in [-0.15, -0.1) is 0 Å². The van der Waals surface area contributed by atoms with Crippen LogP contribution < -0.4 is 10.2 Å². The molecule has 2 aromatic rings. The van der Waals surface area contributed by atoms with Crippen molar-refractivity contribution < 1.29 is 9.59 Å². The summed E-state index contributed by atoms with van der Waals surface area (Å²) in [5.41, 5.74) is 5.68. The number of hydrogen-bond donors (Lipinski definition) is 1. The van der Waals surface area contributed by atoms with Gasteiger partial charge in [-0.25, -0.2) is 0 Å². The molecule has 29 heavy (non-hydrogen) atoms. The van der Waals surface area contributed by atoms with Crippen molar-refractivity contribution in [3.05, 3.63) is 77.7 Å². The van der Waals surface area contributed by atoms with Crippen LogP contribution in [-0.4, -0.2) is 35.2 Å². The highest BCUT2D eigenvalue weighted by Gasteiger charge is 2.21. The number of nitrogens with one attached hydrogen (secondary N) is 1. The number of anilines is 1. The van der Waals surface area contributed by atoms with Crippen LogP contribution in [0.2, 0.25) is 0 Å². The van der Waals surface area contributed by atoms with Crippen LogP contribution >= 0.6 is 0 Å². The van der Waals surface area contributed by atoms with Gasteiger partial charge in [0.25, 0.3) is 5.91 Å². The molecule has 2 amide bonds. The minimum Gasteiger partial charge on any atom is -0.348 e. The summed E-state index contributed by atoms with van der Waals surface area (Å²) in [7, 11) is 3.59. The standard InChI is InChI=1S/C23H26N4O2/c1-5-16(13-24-23(29)20-14-25-26(3)15-20)11-17(6-2)18-7-9-21-19(12-18)8-10-22(28)27(21)4/h5-7,9,11-12,14-15H,1,8,10,13H2,2-4H3,(H,24,29)/b16-11+,17-6+. The van der Waals surface area contributed by atoms with Crippen LogP contribution in [0.4, 0.5) is 5.69 Å². The maximum atomic E-state index is 12.2. The van der Waals surface area contributed by atoms with E-state index in [0.717, 1.165) is 28.8 Å². The maximum Gasteiger partial charge on any atom is 0.254 e. The highest BCUT2D eigenvalue weighted by atomic mass is 16.2. The average Bonchev–Trinajstić information content (AvgIpc) is 3.17. The molecular weight excluding hydrogens is 364 g/mol. The van der Waals surface area contributed by atoms with E-state index in [4.69, 9.17) is 0 Å². The lowest BCUT2D eigenvalue weighted by molar-refractivity contribution is -0.118. The summed E-state index contributed by atoms with van der Waals surface area (Å²) >= 11 is 0. The molecule has 0 saturated carbocycles. The van der Waals surface area contributed by atoms with Crippen molar-refractivity contribution in [3.8, 4) is 0 Å². The molecule has 0 spiro atoms. The molecule has 0 unspecified atom stereocenters. The number of nitrogens with zero attached hydrogens (tertiary/aromatic N) is 3. The van der Waals surface area contributed by atoms with Crippen molar-refractivity contribution in [2.24, 2.45) is 7.05 Å². The zero-order valence-electron chi connectivity index (χ0n) is 17.1. The molecule has 1 aliphatic rings. The molecule has 1 aliphatic heterocycles. The number of carbonyl (C=O) groups is 2. The molecule has 3 rings (SSSR count). The van der Waals surface area contributed by atoms with Crippen LogP contribution in [0.25, 0.3) is 5.57 Å². The first-order chi connectivity index (χ1) is 13.9. The van der Waals surface area contributed by atoms with E-state index in [9.17, 15) is 9.59 Å². The number of allylic oxidation sites excluding steroid dienone is 3. The lowest BCUT2D eigenvalue weighted by Crippen LogP contribution is -2.31. The first-order valence-electron chi connectivity index (χ1n) is 9.59. The maximum absolute atomic E-state index is 12.2. The summed E-state index contributed by atoms with van der Waals surface area (Å²) in [6.45, 7) is 6.23. The second-order valence-corrected chi connectivity index (χ2v) is 7.05. The van der Waals surface area contributed by atoms with Crippen LogP contribution in [0.3, 0.4) is 0 Å². The zero-order valence-corrected chi connectivity index (χ0v) is 17.1. The Bertz CT molecular complexity index is 1010. The topological polar surface area (TPSA) is 67.2 Å². The molecular formula is C23H26N4O2. The van der Waals surface area contributed by atoms with Crippen molar-refractivity contribution >= 4 is 23.1 Å². The molecule has 0 radical (unpaired) electrons. The van der Waals surface area contributed by atoms with Crippen LogP contribution in [0.1, 0.15) is 34.8 Å². The van der Waals surface area contributed by atoms with Gasteiger partial charge in [0.2, 0.25) is 5.91 Å². The molecule has 0 saturated heterocycles. The van der Waals surface area contributed by atoms with Gasteiger partial charge in [-0.2, -0.15) is 5.10 Å². The third-order valence-corrected chi connectivity index (χ3v) is 5.09. The molecule has 0 bridgehead atoms. The van der Waals surface area contributed by atoms with Crippen molar-refractivity contribution in [3.63, 3.8) is 0 Å². The predicted molar refractivity (Wildman–Crippen MR) is 116 cm³/mol. The first kappa shape index (κ1) is 20.3. The van der Waals surface area contributed by atoms with Gasteiger partial charge in [0.15, 0.2) is 0 Å². The first-order valence-corrected chi connectivity index (χ1v) is 9.59. The fourth-order valence-corrected chi connectivity index (χ4v) is 3.37. The van der Waals surface area contributed by atoms with E-state index in [2.05, 4.69) is 23.1 Å². The summed E-state index contributed by atoms with van der Waals surface area (Å²) in [5.74, 6) is -0.0240. The molecule has 6 nitrogen and oxygen atoms in total. The third-order valence-electron chi connectivity index (χ3n) is 5.09. The Labute approximate surface area is 171 Å². The van der Waals surface area contributed by atoms with Crippen LogP contribution in [0.15, 0.2) is 61.0 Å². The van der Waals surface area contributed by atoms with E-state index in [-0.39, 0.29) is 11.8 Å². The second kappa shape index (κ2) is 8.73. The molecule has 1 N–H and O–H groups in total. The normalized spacial score (nSPS) is 14.6. The summed E-state index contributed by atoms with van der Waals surface area (Å²) in [5, 5.41) is 6.92. The SMILES string of the molecule is C=C/C(=C\C(=C/C)c1ccc2c(c1)CCC(=O)N2C)CNC(=O)c1cnn(C)c1. The summed E-state index contributed by atoms with van der Waals surface area (Å²) in [6, 6.07) is 6.16. The molecule has 1 aromatic carbocycles. The van der Waals surface area contributed by atoms with Gasteiger partial charge >= 0.3 is 0 Å². The quantitative estimate of drug-likeness (QED) is 0.770. The molecule has 0 atom stereocenters. The predicted octanol–water partition coefficient (Wildman–Crippen LogP) is 3.27. The van der Waals surface area contributed by atoms with E-state index in [1.807, 2.05) is 38.3 Å². The smallest absolute Gasteiger partial charge is 0.254 e. The number of hydrogen-bond acceptors (Lipinski definition) is 3. The minimum atomic E-state index is -0.172. The van der Waals surface area contributed by atoms with Gasteiger partial charge in [-0.3, -0.25) is 14.3 Å². The van der Waals surface area contributed by atoms with Crippen molar-refractivity contribution in [1.29, 1.82) is 0 Å².